The molecule has 0 aliphatic rings. The molecule has 0 spiro atoms. The Balaban J connectivity index is 1.67. The highest BCUT2D eigenvalue weighted by Gasteiger charge is 2.11. The van der Waals surface area contributed by atoms with E-state index in [2.05, 4.69) is 31.6 Å². The quantitative estimate of drug-likeness (QED) is 0.432. The molecule has 0 unspecified atom stereocenters. The van der Waals surface area contributed by atoms with Crippen LogP contribution >= 0.6 is 15.9 Å². The Morgan fingerprint density at radius 3 is 2.59 bits per heavy atom. The van der Waals surface area contributed by atoms with Crippen LogP contribution in [0.15, 0.2) is 64.3 Å². The molecule has 29 heavy (non-hydrogen) atoms. The number of hydrogen-bond donors (Lipinski definition) is 1. The minimum atomic E-state index is -0.383. The van der Waals surface area contributed by atoms with Crippen molar-refractivity contribution < 1.29 is 14.3 Å². The second kappa shape index (κ2) is 9.38. The first kappa shape index (κ1) is 20.6. The predicted octanol–water partition coefficient (Wildman–Crippen LogP) is 3.87. The van der Waals surface area contributed by atoms with Crippen LogP contribution in [-0.4, -0.2) is 35.6 Å². The molecule has 8 heteroatoms. The number of halogens is 1. The van der Waals surface area contributed by atoms with Crippen LogP contribution in [0.5, 0.6) is 11.5 Å². The van der Waals surface area contributed by atoms with E-state index >= 15 is 0 Å². The molecule has 0 fully saturated rings. The number of amides is 1. The Bertz CT molecular complexity index is 1030. The lowest BCUT2D eigenvalue weighted by Crippen LogP contribution is -2.20. The number of methoxy groups -OCH3 is 2. The maximum absolute atomic E-state index is 12.4. The molecule has 0 atom stereocenters. The van der Waals surface area contributed by atoms with Gasteiger partial charge in [0.1, 0.15) is 11.5 Å². The lowest BCUT2D eigenvalue weighted by atomic mass is 10.1. The molecule has 0 saturated carbocycles. The topological polar surface area (TPSA) is 77.7 Å². The molecule has 1 aromatic heterocycles. The first-order chi connectivity index (χ1) is 14.0. The van der Waals surface area contributed by atoms with Gasteiger partial charge in [0.15, 0.2) is 5.69 Å². The first-order valence-corrected chi connectivity index (χ1v) is 9.64. The van der Waals surface area contributed by atoms with Crippen molar-refractivity contribution in [1.29, 1.82) is 0 Å². The summed E-state index contributed by atoms with van der Waals surface area (Å²) in [6, 6.07) is 15.0. The highest BCUT2D eigenvalue weighted by atomic mass is 79.9. The molecule has 0 aliphatic carbocycles. The zero-order valence-electron chi connectivity index (χ0n) is 16.3. The number of hydrazone groups is 1. The third-order valence-corrected chi connectivity index (χ3v) is 4.78. The van der Waals surface area contributed by atoms with Gasteiger partial charge in [0, 0.05) is 22.3 Å². The summed E-state index contributed by atoms with van der Waals surface area (Å²) in [4.78, 5) is 12.4. The first-order valence-electron chi connectivity index (χ1n) is 8.85. The van der Waals surface area contributed by atoms with Crippen molar-refractivity contribution in [3.63, 3.8) is 0 Å². The van der Waals surface area contributed by atoms with Crippen molar-refractivity contribution >= 4 is 27.5 Å². The molecule has 2 aromatic carbocycles. The van der Waals surface area contributed by atoms with Gasteiger partial charge in [0.2, 0.25) is 0 Å². The number of aromatic nitrogens is 2. The van der Waals surface area contributed by atoms with Gasteiger partial charge in [0.05, 0.1) is 26.5 Å². The molecular weight excluding hydrogens is 436 g/mol. The normalized spacial score (nSPS) is 11.2. The van der Waals surface area contributed by atoms with Crippen LogP contribution in [0.2, 0.25) is 0 Å². The van der Waals surface area contributed by atoms with E-state index in [-0.39, 0.29) is 5.91 Å². The monoisotopic (exact) mass is 456 g/mol. The minimum absolute atomic E-state index is 0.292. The van der Waals surface area contributed by atoms with Gasteiger partial charge in [-0.1, -0.05) is 28.1 Å². The number of nitrogens with zero attached hydrogens (tertiary/aromatic N) is 3. The maximum Gasteiger partial charge on any atom is 0.291 e. The largest absolute Gasteiger partial charge is 0.497 e. The Kier molecular flexibility index (Phi) is 6.66. The van der Waals surface area contributed by atoms with Crippen molar-refractivity contribution in [2.45, 2.75) is 13.5 Å². The van der Waals surface area contributed by atoms with E-state index in [1.165, 1.54) is 0 Å². The number of nitrogens with one attached hydrogen (secondary N) is 1. The second-order valence-electron chi connectivity index (χ2n) is 6.23. The molecule has 0 aliphatic heterocycles. The predicted molar refractivity (Wildman–Crippen MR) is 115 cm³/mol. The molecule has 150 valence electrons. The van der Waals surface area contributed by atoms with Gasteiger partial charge in [-0.3, -0.25) is 9.48 Å². The van der Waals surface area contributed by atoms with E-state index in [1.807, 2.05) is 36.4 Å². The molecule has 0 saturated heterocycles. The summed E-state index contributed by atoms with van der Waals surface area (Å²) in [5.41, 5.74) is 5.28. The zero-order valence-corrected chi connectivity index (χ0v) is 17.9. The number of carbonyl (C=O) groups excluding carboxylic acids is 1. The molecule has 3 aromatic rings. The zero-order chi connectivity index (χ0) is 20.8. The highest BCUT2D eigenvalue weighted by molar-refractivity contribution is 9.10. The summed E-state index contributed by atoms with van der Waals surface area (Å²) >= 11 is 3.41. The average Bonchev–Trinajstić information content (AvgIpc) is 3.21. The fraction of sp³-hybridized carbons (Fsp3) is 0.190. The number of rotatable bonds is 7. The van der Waals surface area contributed by atoms with E-state index < -0.39 is 0 Å². The van der Waals surface area contributed by atoms with Gasteiger partial charge in [-0.2, -0.15) is 10.2 Å². The molecule has 1 N–H and O–H groups in total. The average molecular weight is 457 g/mol. The third-order valence-electron chi connectivity index (χ3n) is 4.25. The molecule has 7 nitrogen and oxygen atoms in total. The fourth-order valence-corrected chi connectivity index (χ4v) is 2.96. The van der Waals surface area contributed by atoms with Crippen LogP contribution < -0.4 is 14.9 Å². The Morgan fingerprint density at radius 2 is 1.90 bits per heavy atom. The second-order valence-corrected chi connectivity index (χ2v) is 7.15. The van der Waals surface area contributed by atoms with E-state index in [4.69, 9.17) is 9.47 Å². The summed E-state index contributed by atoms with van der Waals surface area (Å²) in [5, 5.41) is 8.50. The Labute approximate surface area is 177 Å². The standard InChI is InChI=1S/C21H21BrN4O3/c1-14(18-9-8-17(28-2)12-20(18)29-3)23-24-21(27)19-10-11-26(25-19)13-15-4-6-16(22)7-5-15/h4-12H,13H2,1-3H3,(H,24,27)/b23-14+. The minimum Gasteiger partial charge on any atom is -0.497 e. The highest BCUT2D eigenvalue weighted by Crippen LogP contribution is 2.25. The van der Waals surface area contributed by atoms with Gasteiger partial charge < -0.3 is 9.47 Å². The number of ether oxygens (including phenoxy) is 2. The van der Waals surface area contributed by atoms with Crippen molar-refractivity contribution in [2.75, 3.05) is 14.2 Å². The summed E-state index contributed by atoms with van der Waals surface area (Å²) in [6.45, 7) is 2.36. The molecule has 1 heterocycles. The van der Waals surface area contributed by atoms with Crippen molar-refractivity contribution in [3.8, 4) is 11.5 Å². The van der Waals surface area contributed by atoms with Gasteiger partial charge in [-0.05, 0) is 42.8 Å². The summed E-state index contributed by atoms with van der Waals surface area (Å²) < 4.78 is 13.3. The fourth-order valence-electron chi connectivity index (χ4n) is 2.70. The lowest BCUT2D eigenvalue weighted by molar-refractivity contribution is 0.0949. The van der Waals surface area contributed by atoms with Crippen LogP contribution in [0, 0.1) is 0 Å². The lowest BCUT2D eigenvalue weighted by Gasteiger charge is -2.10. The van der Waals surface area contributed by atoms with E-state index in [0.29, 0.717) is 29.4 Å². The summed E-state index contributed by atoms with van der Waals surface area (Å²) in [7, 11) is 3.16. The molecule has 3 rings (SSSR count). The summed E-state index contributed by atoms with van der Waals surface area (Å²) in [5.74, 6) is 0.906. The number of carbonyl (C=O) groups is 1. The van der Waals surface area contributed by atoms with Crippen LogP contribution in [-0.2, 0) is 6.54 Å². The summed E-state index contributed by atoms with van der Waals surface area (Å²) in [6.07, 6.45) is 1.76. The van der Waals surface area contributed by atoms with Gasteiger partial charge in [-0.15, -0.1) is 0 Å². The Morgan fingerprint density at radius 1 is 1.14 bits per heavy atom. The van der Waals surface area contributed by atoms with Crippen LogP contribution in [0.25, 0.3) is 0 Å². The SMILES string of the molecule is COc1ccc(/C(C)=N/NC(=O)c2ccn(Cc3ccc(Br)cc3)n2)c(OC)c1. The van der Waals surface area contributed by atoms with Crippen LogP contribution in [0.3, 0.4) is 0 Å². The van der Waals surface area contributed by atoms with Crippen LogP contribution in [0.1, 0.15) is 28.5 Å². The molecule has 1 amide bonds. The van der Waals surface area contributed by atoms with Gasteiger partial charge >= 0.3 is 0 Å². The third kappa shape index (κ3) is 5.23. The Hall–Kier alpha value is -3.13. The van der Waals surface area contributed by atoms with Crippen molar-refractivity contribution in [2.24, 2.45) is 5.10 Å². The van der Waals surface area contributed by atoms with Gasteiger partial charge in [0.25, 0.3) is 5.91 Å². The molecule has 0 bridgehead atoms. The van der Waals surface area contributed by atoms with Gasteiger partial charge in [-0.25, -0.2) is 5.43 Å². The number of hydrogen-bond acceptors (Lipinski definition) is 5. The van der Waals surface area contributed by atoms with Crippen LogP contribution in [0.4, 0.5) is 0 Å². The molecule has 0 radical (unpaired) electrons. The van der Waals surface area contributed by atoms with E-state index in [1.54, 1.807) is 44.2 Å². The molecular formula is C21H21BrN4O3. The van der Waals surface area contributed by atoms with Crippen molar-refractivity contribution in [3.05, 3.63) is 76.0 Å². The maximum atomic E-state index is 12.4. The van der Waals surface area contributed by atoms with Crippen molar-refractivity contribution in [1.82, 2.24) is 15.2 Å². The van der Waals surface area contributed by atoms with E-state index in [0.717, 1.165) is 15.6 Å². The number of benzene rings is 2. The smallest absolute Gasteiger partial charge is 0.291 e. The van der Waals surface area contributed by atoms with E-state index in [9.17, 15) is 4.79 Å².